The maximum atomic E-state index is 12.2. The second-order valence-corrected chi connectivity index (χ2v) is 8.47. The Labute approximate surface area is 184 Å². The highest BCUT2D eigenvalue weighted by Gasteiger charge is 2.09. The minimum atomic E-state index is -0.228. The van der Waals surface area contributed by atoms with E-state index >= 15 is 0 Å². The molecule has 1 amide bonds. The molecule has 3 aromatic rings. The first-order valence-corrected chi connectivity index (χ1v) is 10.6. The predicted molar refractivity (Wildman–Crippen MR) is 121 cm³/mol. The van der Waals surface area contributed by atoms with Crippen molar-refractivity contribution in [3.63, 3.8) is 0 Å². The highest BCUT2D eigenvalue weighted by molar-refractivity contribution is 7.10. The van der Waals surface area contributed by atoms with Crippen molar-refractivity contribution in [3.05, 3.63) is 85.5 Å². The van der Waals surface area contributed by atoms with E-state index in [1.807, 2.05) is 41.8 Å². The summed E-state index contributed by atoms with van der Waals surface area (Å²) in [6.45, 7) is 4.52. The van der Waals surface area contributed by atoms with Crippen LogP contribution in [0.2, 0.25) is 10.0 Å². The topological polar surface area (TPSA) is 50.7 Å². The first kappa shape index (κ1) is 21.4. The van der Waals surface area contributed by atoms with Crippen molar-refractivity contribution >= 4 is 46.7 Å². The van der Waals surface area contributed by atoms with Crippen LogP contribution in [0.1, 0.15) is 46.1 Å². The van der Waals surface area contributed by atoms with Gasteiger partial charge in [0.05, 0.1) is 11.8 Å². The number of halogens is 2. The van der Waals surface area contributed by atoms with Gasteiger partial charge < -0.3 is 4.74 Å². The normalized spacial score (nSPS) is 11.2. The minimum absolute atomic E-state index is 0.228. The molecule has 3 rings (SSSR count). The van der Waals surface area contributed by atoms with Crippen LogP contribution in [0.3, 0.4) is 0 Å². The molecule has 150 valence electrons. The number of rotatable bonds is 7. The third kappa shape index (κ3) is 6.07. The van der Waals surface area contributed by atoms with Crippen molar-refractivity contribution < 1.29 is 9.53 Å². The number of hydrogen-bond donors (Lipinski definition) is 1. The van der Waals surface area contributed by atoms with E-state index in [0.717, 1.165) is 11.1 Å². The molecule has 1 N–H and O–H groups in total. The zero-order valence-corrected chi connectivity index (χ0v) is 18.3. The van der Waals surface area contributed by atoms with Crippen LogP contribution in [-0.2, 0) is 6.61 Å². The fourth-order valence-corrected chi connectivity index (χ4v) is 3.86. The zero-order valence-electron chi connectivity index (χ0n) is 16.0. The lowest BCUT2D eigenvalue weighted by Gasteiger charge is -2.08. The summed E-state index contributed by atoms with van der Waals surface area (Å²) in [6, 6.07) is 14.6. The molecule has 29 heavy (non-hydrogen) atoms. The monoisotopic (exact) mass is 446 g/mol. The molecule has 1 heterocycles. The summed E-state index contributed by atoms with van der Waals surface area (Å²) in [5, 5.41) is 7.03. The van der Waals surface area contributed by atoms with Gasteiger partial charge in [0.15, 0.2) is 0 Å². The first-order chi connectivity index (χ1) is 13.9. The van der Waals surface area contributed by atoms with Gasteiger partial charge in [0.25, 0.3) is 5.91 Å². The highest BCUT2D eigenvalue weighted by Crippen LogP contribution is 2.24. The van der Waals surface area contributed by atoms with Crippen molar-refractivity contribution in [3.8, 4) is 5.75 Å². The van der Waals surface area contributed by atoms with E-state index in [9.17, 15) is 4.79 Å². The number of benzene rings is 2. The summed E-state index contributed by atoms with van der Waals surface area (Å²) < 4.78 is 5.80. The van der Waals surface area contributed by atoms with Crippen LogP contribution in [0.5, 0.6) is 5.75 Å². The van der Waals surface area contributed by atoms with Crippen molar-refractivity contribution in [1.29, 1.82) is 0 Å². The third-order valence-electron chi connectivity index (χ3n) is 4.10. The summed E-state index contributed by atoms with van der Waals surface area (Å²) in [5.41, 5.74) is 4.82. The predicted octanol–water partition coefficient (Wildman–Crippen LogP) is 6.52. The molecule has 0 unspecified atom stereocenters. The van der Waals surface area contributed by atoms with Crippen LogP contribution in [0.4, 0.5) is 0 Å². The largest absolute Gasteiger partial charge is 0.489 e. The maximum absolute atomic E-state index is 12.2. The highest BCUT2D eigenvalue weighted by atomic mass is 35.5. The number of ether oxygens (including phenoxy) is 1. The number of hydrogen-bond acceptors (Lipinski definition) is 4. The van der Waals surface area contributed by atoms with Crippen LogP contribution >= 0.6 is 34.5 Å². The lowest BCUT2D eigenvalue weighted by Crippen LogP contribution is -2.16. The SMILES string of the molecule is CC(C)c1cc(C(=O)NN=Cc2cccc(OCc3ccc(Cl)cc3Cl)c2)cs1. The van der Waals surface area contributed by atoms with Gasteiger partial charge >= 0.3 is 0 Å². The maximum Gasteiger partial charge on any atom is 0.272 e. The van der Waals surface area contributed by atoms with Gasteiger partial charge in [-0.25, -0.2) is 5.43 Å². The van der Waals surface area contributed by atoms with Crippen LogP contribution in [0.25, 0.3) is 0 Å². The molecule has 0 fully saturated rings. The molecule has 0 spiro atoms. The van der Waals surface area contributed by atoms with Gasteiger partial charge in [-0.3, -0.25) is 4.79 Å². The smallest absolute Gasteiger partial charge is 0.272 e. The molecule has 0 radical (unpaired) electrons. The van der Waals surface area contributed by atoms with Gasteiger partial charge in [0, 0.05) is 25.9 Å². The third-order valence-corrected chi connectivity index (χ3v) is 5.92. The van der Waals surface area contributed by atoms with E-state index in [2.05, 4.69) is 24.4 Å². The van der Waals surface area contributed by atoms with E-state index in [1.165, 1.54) is 4.88 Å². The summed E-state index contributed by atoms with van der Waals surface area (Å²) in [6.07, 6.45) is 1.58. The van der Waals surface area contributed by atoms with Gasteiger partial charge in [-0.05, 0) is 41.8 Å². The second kappa shape index (κ2) is 9.92. The molecule has 4 nitrogen and oxygen atoms in total. The van der Waals surface area contributed by atoms with Gasteiger partial charge in [0.1, 0.15) is 12.4 Å². The Balaban J connectivity index is 1.58. The molecule has 0 bridgehead atoms. The molecule has 1 aromatic heterocycles. The summed E-state index contributed by atoms with van der Waals surface area (Å²) >= 11 is 13.7. The number of thiophene rings is 1. The Bertz CT molecular complexity index is 1030. The lowest BCUT2D eigenvalue weighted by atomic mass is 10.1. The van der Waals surface area contributed by atoms with Gasteiger partial charge in [-0.2, -0.15) is 5.10 Å². The quantitative estimate of drug-likeness (QED) is 0.331. The second-order valence-electron chi connectivity index (χ2n) is 6.69. The molecule has 0 saturated carbocycles. The summed E-state index contributed by atoms with van der Waals surface area (Å²) in [4.78, 5) is 13.4. The lowest BCUT2D eigenvalue weighted by molar-refractivity contribution is 0.0955. The number of amides is 1. The van der Waals surface area contributed by atoms with Crippen molar-refractivity contribution in [2.45, 2.75) is 26.4 Å². The molecule has 7 heteroatoms. The Kier molecular flexibility index (Phi) is 7.31. The van der Waals surface area contributed by atoms with Crippen LogP contribution in [0.15, 0.2) is 59.0 Å². The molecule has 0 saturated heterocycles. The van der Waals surface area contributed by atoms with E-state index < -0.39 is 0 Å². The fourth-order valence-electron chi connectivity index (χ4n) is 2.49. The standard InChI is InChI=1S/C22H20Cl2N2O2S/c1-14(2)21-9-17(13-29-21)22(27)26-25-11-15-4-3-5-19(8-15)28-12-16-6-7-18(23)10-20(16)24/h3-11,13-14H,12H2,1-2H3,(H,26,27). The molecular formula is C22H20Cl2N2O2S. The van der Waals surface area contributed by atoms with Crippen molar-refractivity contribution in [2.75, 3.05) is 0 Å². The van der Waals surface area contributed by atoms with Gasteiger partial charge in [-0.1, -0.05) is 55.2 Å². The number of hydrazone groups is 1. The number of nitrogens with zero attached hydrogens (tertiary/aromatic N) is 1. The zero-order chi connectivity index (χ0) is 20.8. The average Bonchev–Trinajstić information content (AvgIpc) is 3.18. The molecule has 0 atom stereocenters. The van der Waals surface area contributed by atoms with Crippen LogP contribution < -0.4 is 10.2 Å². The Hall–Kier alpha value is -2.34. The minimum Gasteiger partial charge on any atom is -0.489 e. The molecule has 0 aliphatic rings. The van der Waals surface area contributed by atoms with E-state index in [4.69, 9.17) is 27.9 Å². The average molecular weight is 447 g/mol. The molecular weight excluding hydrogens is 427 g/mol. The number of carbonyl (C=O) groups is 1. The van der Waals surface area contributed by atoms with E-state index in [0.29, 0.717) is 33.9 Å². The molecule has 2 aromatic carbocycles. The van der Waals surface area contributed by atoms with E-state index in [1.54, 1.807) is 29.7 Å². The number of carbonyl (C=O) groups excluding carboxylic acids is 1. The van der Waals surface area contributed by atoms with Crippen LogP contribution in [-0.4, -0.2) is 12.1 Å². The van der Waals surface area contributed by atoms with Gasteiger partial charge in [-0.15, -0.1) is 11.3 Å². The Morgan fingerprint density at radius 3 is 2.76 bits per heavy atom. The number of nitrogens with one attached hydrogen (secondary N) is 1. The summed E-state index contributed by atoms with van der Waals surface area (Å²) in [5.74, 6) is 0.843. The summed E-state index contributed by atoms with van der Waals surface area (Å²) in [7, 11) is 0. The Morgan fingerprint density at radius 2 is 2.03 bits per heavy atom. The van der Waals surface area contributed by atoms with Crippen LogP contribution in [0, 0.1) is 0 Å². The molecule has 0 aliphatic carbocycles. The fraction of sp³-hybridized carbons (Fsp3) is 0.182. The Morgan fingerprint density at radius 1 is 1.21 bits per heavy atom. The van der Waals surface area contributed by atoms with E-state index in [-0.39, 0.29) is 5.91 Å². The van der Waals surface area contributed by atoms with Gasteiger partial charge in [0.2, 0.25) is 0 Å². The first-order valence-electron chi connectivity index (χ1n) is 9.01. The van der Waals surface area contributed by atoms with Crippen molar-refractivity contribution in [1.82, 2.24) is 5.43 Å². The molecule has 0 aliphatic heterocycles. The van der Waals surface area contributed by atoms with Crippen molar-refractivity contribution in [2.24, 2.45) is 5.10 Å².